The van der Waals surface area contributed by atoms with Crippen LogP contribution in [0, 0.1) is 0 Å². The minimum atomic E-state index is -0.440. The molecule has 4 nitrogen and oxygen atoms in total. The van der Waals surface area contributed by atoms with E-state index < -0.39 is 5.97 Å². The number of aliphatic imine (C=N–C) groups is 1. The van der Waals surface area contributed by atoms with E-state index in [1.54, 1.807) is 19.1 Å². The summed E-state index contributed by atoms with van der Waals surface area (Å²) in [5.41, 5.74) is 6.30. The first-order chi connectivity index (χ1) is 6.70. The van der Waals surface area contributed by atoms with Crippen molar-refractivity contribution >= 4 is 12.2 Å². The minimum Gasteiger partial charge on any atom is -0.462 e. The largest absolute Gasteiger partial charge is 0.462 e. The van der Waals surface area contributed by atoms with Gasteiger partial charge in [-0.25, -0.2) is 4.79 Å². The highest BCUT2D eigenvalue weighted by Crippen LogP contribution is 1.90. The average molecular weight is 196 g/mol. The average Bonchev–Trinajstić information content (AvgIpc) is 2.17. The van der Waals surface area contributed by atoms with Gasteiger partial charge in [-0.05, 0) is 25.5 Å². The van der Waals surface area contributed by atoms with E-state index in [1.165, 1.54) is 6.20 Å². The summed E-state index contributed by atoms with van der Waals surface area (Å²) in [6, 6.07) is 0. The van der Waals surface area contributed by atoms with Gasteiger partial charge in [-0.1, -0.05) is 6.92 Å². The molecule has 14 heavy (non-hydrogen) atoms. The SMILES string of the molecule is CCOC(=O)C=N/C=C\C=C(\N)CC. The Morgan fingerprint density at radius 2 is 2.21 bits per heavy atom. The minimum absolute atomic E-state index is 0.358. The first kappa shape index (κ1) is 12.4. The van der Waals surface area contributed by atoms with Gasteiger partial charge in [0.1, 0.15) is 6.21 Å². The Morgan fingerprint density at radius 1 is 1.50 bits per heavy atom. The second kappa shape index (κ2) is 8.04. The van der Waals surface area contributed by atoms with Crippen molar-refractivity contribution in [3.8, 4) is 0 Å². The highest BCUT2D eigenvalue weighted by atomic mass is 16.5. The number of carbonyl (C=O) groups is 1. The van der Waals surface area contributed by atoms with Gasteiger partial charge in [0.05, 0.1) is 6.61 Å². The molecule has 0 aliphatic carbocycles. The molecule has 0 amide bonds. The van der Waals surface area contributed by atoms with Crippen LogP contribution in [0.2, 0.25) is 0 Å². The number of hydrogen-bond donors (Lipinski definition) is 1. The summed E-state index contributed by atoms with van der Waals surface area (Å²) in [6.45, 7) is 4.06. The quantitative estimate of drug-likeness (QED) is 0.410. The van der Waals surface area contributed by atoms with Gasteiger partial charge in [0.2, 0.25) is 0 Å². The monoisotopic (exact) mass is 196 g/mol. The van der Waals surface area contributed by atoms with Gasteiger partial charge in [-0.3, -0.25) is 4.99 Å². The Labute approximate surface area is 84.2 Å². The standard InChI is InChI=1S/C10H16N2O2/c1-3-9(11)6-5-7-12-8-10(13)14-4-2/h5-8H,3-4,11H2,1-2H3/b7-5-,9-6+,12-8?. The van der Waals surface area contributed by atoms with Gasteiger partial charge in [0.15, 0.2) is 0 Å². The molecule has 0 aromatic rings. The molecule has 4 heteroatoms. The van der Waals surface area contributed by atoms with Crippen molar-refractivity contribution < 1.29 is 9.53 Å². The van der Waals surface area contributed by atoms with Crippen LogP contribution in [0.5, 0.6) is 0 Å². The zero-order valence-corrected chi connectivity index (χ0v) is 8.56. The molecule has 0 atom stereocenters. The third-order valence-electron chi connectivity index (χ3n) is 1.36. The molecule has 0 radical (unpaired) electrons. The molecule has 2 N–H and O–H groups in total. The van der Waals surface area contributed by atoms with Crippen molar-refractivity contribution in [3.63, 3.8) is 0 Å². The van der Waals surface area contributed by atoms with E-state index >= 15 is 0 Å². The Kier molecular flexibility index (Phi) is 7.13. The van der Waals surface area contributed by atoms with Crippen LogP contribution >= 0.6 is 0 Å². The van der Waals surface area contributed by atoms with Crippen LogP contribution in [0.4, 0.5) is 0 Å². The Balaban J connectivity index is 3.87. The lowest BCUT2D eigenvalue weighted by atomic mass is 10.3. The highest BCUT2D eigenvalue weighted by molar-refractivity contribution is 6.23. The number of hydrogen-bond acceptors (Lipinski definition) is 4. The molecule has 0 saturated carbocycles. The summed E-state index contributed by atoms with van der Waals surface area (Å²) in [5.74, 6) is -0.440. The fraction of sp³-hybridized carbons (Fsp3) is 0.400. The third-order valence-corrected chi connectivity index (χ3v) is 1.36. The van der Waals surface area contributed by atoms with Crippen LogP contribution in [0.3, 0.4) is 0 Å². The van der Waals surface area contributed by atoms with Gasteiger partial charge in [0, 0.05) is 11.9 Å². The van der Waals surface area contributed by atoms with Crippen LogP contribution in [-0.2, 0) is 9.53 Å². The Hall–Kier alpha value is -1.58. The molecule has 0 aromatic carbocycles. The second-order valence-electron chi connectivity index (χ2n) is 2.47. The smallest absolute Gasteiger partial charge is 0.349 e. The maximum atomic E-state index is 10.8. The number of esters is 1. The number of ether oxygens (including phenoxy) is 1. The van der Waals surface area contributed by atoms with Crippen molar-refractivity contribution in [2.45, 2.75) is 20.3 Å². The Bertz CT molecular complexity index is 255. The maximum absolute atomic E-state index is 10.8. The molecule has 0 unspecified atom stereocenters. The molecule has 0 saturated heterocycles. The summed E-state index contributed by atoms with van der Waals surface area (Å²) in [7, 11) is 0. The van der Waals surface area contributed by atoms with Crippen molar-refractivity contribution in [3.05, 3.63) is 24.0 Å². The topological polar surface area (TPSA) is 64.7 Å². The third kappa shape index (κ3) is 7.09. The lowest BCUT2D eigenvalue weighted by Crippen LogP contribution is -2.03. The fourth-order valence-corrected chi connectivity index (χ4v) is 0.618. The van der Waals surface area contributed by atoms with Gasteiger partial charge in [-0.15, -0.1) is 0 Å². The van der Waals surface area contributed by atoms with E-state index in [0.717, 1.165) is 18.3 Å². The van der Waals surface area contributed by atoms with Crippen LogP contribution in [0.1, 0.15) is 20.3 Å². The van der Waals surface area contributed by atoms with Crippen LogP contribution in [-0.4, -0.2) is 18.8 Å². The summed E-state index contributed by atoms with van der Waals surface area (Å²) >= 11 is 0. The van der Waals surface area contributed by atoms with Gasteiger partial charge >= 0.3 is 5.97 Å². The molecule has 0 aliphatic rings. The first-order valence-corrected chi connectivity index (χ1v) is 4.51. The zero-order chi connectivity index (χ0) is 10.8. The summed E-state index contributed by atoms with van der Waals surface area (Å²) in [6.07, 6.45) is 6.82. The second-order valence-corrected chi connectivity index (χ2v) is 2.47. The summed E-state index contributed by atoms with van der Waals surface area (Å²) < 4.78 is 4.63. The fourth-order valence-electron chi connectivity index (χ4n) is 0.618. The predicted octanol–water partition coefficient (Wildman–Crippen LogP) is 1.39. The summed E-state index contributed by atoms with van der Waals surface area (Å²) in [5, 5.41) is 0. The van der Waals surface area contributed by atoms with E-state index in [-0.39, 0.29) is 0 Å². The lowest BCUT2D eigenvalue weighted by molar-refractivity contribution is -0.134. The van der Waals surface area contributed by atoms with E-state index in [9.17, 15) is 4.79 Å². The van der Waals surface area contributed by atoms with Crippen LogP contribution in [0.25, 0.3) is 0 Å². The predicted molar refractivity (Wildman–Crippen MR) is 56.8 cm³/mol. The number of rotatable bonds is 5. The molecule has 78 valence electrons. The number of nitrogens with two attached hydrogens (primary N) is 1. The van der Waals surface area contributed by atoms with Gasteiger partial charge in [0.25, 0.3) is 0 Å². The van der Waals surface area contributed by atoms with E-state index in [4.69, 9.17) is 5.73 Å². The highest BCUT2D eigenvalue weighted by Gasteiger charge is 1.91. The van der Waals surface area contributed by atoms with Crippen molar-refractivity contribution in [2.75, 3.05) is 6.61 Å². The van der Waals surface area contributed by atoms with E-state index in [0.29, 0.717) is 6.61 Å². The number of carbonyl (C=O) groups excluding carboxylic acids is 1. The molecule has 0 heterocycles. The molecular weight excluding hydrogens is 180 g/mol. The molecule has 0 aliphatic heterocycles. The Morgan fingerprint density at radius 3 is 2.79 bits per heavy atom. The molecule has 0 fully saturated rings. The molecule has 0 bridgehead atoms. The van der Waals surface area contributed by atoms with Crippen LogP contribution in [0.15, 0.2) is 29.0 Å². The van der Waals surface area contributed by atoms with Gasteiger partial charge in [-0.2, -0.15) is 0 Å². The van der Waals surface area contributed by atoms with Crippen molar-refractivity contribution in [1.82, 2.24) is 0 Å². The lowest BCUT2D eigenvalue weighted by Gasteiger charge is -1.92. The molecular formula is C10H16N2O2. The van der Waals surface area contributed by atoms with Crippen LogP contribution < -0.4 is 5.73 Å². The first-order valence-electron chi connectivity index (χ1n) is 4.51. The molecule has 0 rings (SSSR count). The van der Waals surface area contributed by atoms with Gasteiger partial charge < -0.3 is 10.5 Å². The van der Waals surface area contributed by atoms with Crippen molar-refractivity contribution in [1.29, 1.82) is 0 Å². The molecule has 0 spiro atoms. The molecule has 0 aromatic heterocycles. The summed E-state index contributed by atoms with van der Waals surface area (Å²) in [4.78, 5) is 14.5. The zero-order valence-electron chi connectivity index (χ0n) is 8.56. The van der Waals surface area contributed by atoms with E-state index in [1.807, 2.05) is 6.92 Å². The number of nitrogens with zero attached hydrogens (tertiary/aromatic N) is 1. The van der Waals surface area contributed by atoms with Crippen molar-refractivity contribution in [2.24, 2.45) is 10.7 Å². The number of allylic oxidation sites excluding steroid dienone is 3. The maximum Gasteiger partial charge on any atom is 0.349 e. The normalized spacial score (nSPS) is 12.6. The van der Waals surface area contributed by atoms with E-state index in [2.05, 4.69) is 9.73 Å².